The van der Waals surface area contributed by atoms with Crippen molar-refractivity contribution in [2.45, 2.75) is 63.2 Å². The van der Waals surface area contributed by atoms with Gasteiger partial charge >= 0.3 is 0 Å². The molecule has 4 aliphatic rings. The monoisotopic (exact) mass is 490 g/mol. The fourth-order valence-corrected chi connectivity index (χ4v) is 6.88. The first-order chi connectivity index (χ1) is 17.5. The number of hydrogen-bond donors (Lipinski definition) is 0. The largest absolute Gasteiger partial charge is 0.839 e. The first kappa shape index (κ1) is 23.7. The van der Waals surface area contributed by atoms with Crippen LogP contribution >= 0.6 is 0 Å². The van der Waals surface area contributed by atoms with E-state index >= 15 is 0 Å². The Hall–Kier alpha value is -2.70. The van der Waals surface area contributed by atoms with Gasteiger partial charge in [0.15, 0.2) is 17.8 Å². The maximum absolute atomic E-state index is 14.6. The molecule has 5 nitrogen and oxygen atoms in total. The van der Waals surface area contributed by atoms with Gasteiger partial charge in [0.1, 0.15) is 24.7 Å². The molecule has 7 rings (SSSR count). The van der Waals surface area contributed by atoms with Crippen LogP contribution in [0.25, 0.3) is 0 Å². The zero-order chi connectivity index (χ0) is 24.6. The molecule has 3 saturated heterocycles. The number of halogens is 1. The van der Waals surface area contributed by atoms with Crippen molar-refractivity contribution in [3.05, 3.63) is 83.8 Å². The molecule has 3 aliphatic heterocycles. The van der Waals surface area contributed by atoms with Crippen molar-refractivity contribution < 1.29 is 23.1 Å². The van der Waals surface area contributed by atoms with Gasteiger partial charge in [0, 0.05) is 18.8 Å². The van der Waals surface area contributed by atoms with E-state index < -0.39 is 5.60 Å². The first-order valence-electron chi connectivity index (χ1n) is 13.5. The Bertz CT molecular complexity index is 1150. The number of ether oxygens (including phenoxy) is 1. The Morgan fingerprint density at radius 3 is 2.42 bits per heavy atom. The summed E-state index contributed by atoms with van der Waals surface area (Å²) in [6.07, 6.45) is 9.30. The highest BCUT2D eigenvalue weighted by molar-refractivity contribution is 5.29. The van der Waals surface area contributed by atoms with Crippen molar-refractivity contribution in [3.63, 3.8) is 0 Å². The Labute approximate surface area is 212 Å². The Morgan fingerprint density at radius 1 is 0.972 bits per heavy atom. The second kappa shape index (κ2) is 9.64. The van der Waals surface area contributed by atoms with Gasteiger partial charge in [-0.2, -0.15) is 0 Å². The molecule has 0 N–H and O–H groups in total. The molecule has 36 heavy (non-hydrogen) atoms. The Morgan fingerprint density at radius 2 is 1.69 bits per heavy atom. The van der Waals surface area contributed by atoms with Crippen LogP contribution in [0.1, 0.15) is 62.2 Å². The lowest BCUT2D eigenvalue weighted by atomic mass is 9.73. The third kappa shape index (κ3) is 4.46. The van der Waals surface area contributed by atoms with Gasteiger partial charge in [-0.25, -0.2) is 9.37 Å². The summed E-state index contributed by atoms with van der Waals surface area (Å²) < 4.78 is 26.9. The SMILES string of the molecule is [O-]C(c1ccccc1)(c1ncc(C[N+]23CCC(CC2)[C@H](Oc2ccc(F)cc2)C3)o1)C1CCCCC1. The van der Waals surface area contributed by atoms with Crippen LogP contribution in [0.15, 0.2) is 65.2 Å². The minimum atomic E-state index is -1.46. The van der Waals surface area contributed by atoms with E-state index in [9.17, 15) is 9.50 Å². The van der Waals surface area contributed by atoms with Crippen LogP contribution in [0.5, 0.6) is 5.75 Å². The highest BCUT2D eigenvalue weighted by Gasteiger charge is 2.48. The molecule has 4 fully saturated rings. The summed E-state index contributed by atoms with van der Waals surface area (Å²) in [7, 11) is 0. The third-order valence-electron chi connectivity index (χ3n) is 8.89. The third-order valence-corrected chi connectivity index (χ3v) is 8.89. The number of aromatic nitrogens is 1. The van der Waals surface area contributed by atoms with Crippen molar-refractivity contribution in [2.75, 3.05) is 19.6 Å². The molecule has 6 heteroatoms. The van der Waals surface area contributed by atoms with Crippen molar-refractivity contribution in [2.24, 2.45) is 11.8 Å². The lowest BCUT2D eigenvalue weighted by Gasteiger charge is -2.51. The van der Waals surface area contributed by atoms with E-state index in [-0.39, 0.29) is 17.8 Å². The van der Waals surface area contributed by atoms with Gasteiger partial charge in [-0.3, -0.25) is 0 Å². The quantitative estimate of drug-likeness (QED) is 0.428. The summed E-state index contributed by atoms with van der Waals surface area (Å²) >= 11 is 0. The highest BCUT2D eigenvalue weighted by Crippen LogP contribution is 2.42. The second-order valence-electron chi connectivity index (χ2n) is 11.1. The van der Waals surface area contributed by atoms with E-state index in [4.69, 9.17) is 9.15 Å². The molecule has 0 radical (unpaired) electrons. The van der Waals surface area contributed by atoms with Gasteiger partial charge in [0.05, 0.1) is 19.3 Å². The summed E-state index contributed by atoms with van der Waals surface area (Å²) in [6, 6.07) is 16.0. The fraction of sp³-hybridized carbons (Fsp3) is 0.500. The van der Waals surface area contributed by atoms with Gasteiger partial charge in [-0.05, 0) is 41.3 Å². The minimum absolute atomic E-state index is 0.00795. The molecule has 1 aromatic heterocycles. The molecule has 1 aliphatic carbocycles. The molecule has 190 valence electrons. The van der Waals surface area contributed by atoms with E-state index in [1.807, 2.05) is 30.3 Å². The number of fused-ring (bicyclic) bond motifs is 3. The van der Waals surface area contributed by atoms with Crippen LogP contribution in [-0.4, -0.2) is 35.2 Å². The molecule has 0 amide bonds. The number of oxazole rings is 1. The summed E-state index contributed by atoms with van der Waals surface area (Å²) in [5.74, 6) is 2.10. The number of piperidine rings is 3. The first-order valence-corrected chi connectivity index (χ1v) is 13.5. The molecule has 1 saturated carbocycles. The van der Waals surface area contributed by atoms with Gasteiger partial charge in [0.2, 0.25) is 0 Å². The number of rotatable bonds is 7. The van der Waals surface area contributed by atoms with E-state index in [0.717, 1.165) is 86.3 Å². The van der Waals surface area contributed by atoms with Crippen LogP contribution < -0.4 is 9.84 Å². The van der Waals surface area contributed by atoms with Crippen molar-refractivity contribution in [1.29, 1.82) is 0 Å². The van der Waals surface area contributed by atoms with Gasteiger partial charge in [-0.15, -0.1) is 0 Å². The van der Waals surface area contributed by atoms with Crippen LogP contribution in [0, 0.1) is 17.7 Å². The predicted molar refractivity (Wildman–Crippen MR) is 132 cm³/mol. The summed E-state index contributed by atoms with van der Waals surface area (Å²) in [5, 5.41) is 14.6. The maximum Gasteiger partial charge on any atom is 0.188 e. The maximum atomic E-state index is 14.6. The normalized spacial score (nSPS) is 28.1. The summed E-state index contributed by atoms with van der Waals surface area (Å²) in [5.41, 5.74) is -0.702. The van der Waals surface area contributed by atoms with E-state index in [0.29, 0.717) is 11.8 Å². The lowest BCUT2D eigenvalue weighted by molar-refractivity contribution is -0.958. The average molecular weight is 491 g/mol. The fourth-order valence-electron chi connectivity index (χ4n) is 6.88. The number of nitrogens with zero attached hydrogens (tertiary/aromatic N) is 2. The Balaban J connectivity index is 1.23. The number of benzene rings is 2. The van der Waals surface area contributed by atoms with Crippen molar-refractivity contribution in [1.82, 2.24) is 4.98 Å². The molecular weight excluding hydrogens is 455 g/mol. The zero-order valence-corrected chi connectivity index (χ0v) is 20.8. The molecule has 3 aromatic rings. The van der Waals surface area contributed by atoms with E-state index in [2.05, 4.69) is 4.98 Å². The van der Waals surface area contributed by atoms with Gasteiger partial charge in [-0.1, -0.05) is 62.4 Å². The number of quaternary nitrogens is 1. The molecule has 2 bridgehead atoms. The smallest absolute Gasteiger partial charge is 0.188 e. The zero-order valence-electron chi connectivity index (χ0n) is 20.8. The molecule has 2 atom stereocenters. The van der Waals surface area contributed by atoms with Gasteiger partial charge < -0.3 is 18.7 Å². The Kier molecular flexibility index (Phi) is 6.34. The summed E-state index contributed by atoms with van der Waals surface area (Å²) in [4.78, 5) is 4.62. The molecule has 0 spiro atoms. The summed E-state index contributed by atoms with van der Waals surface area (Å²) in [6.45, 7) is 3.77. The molecular formula is C30H35FN2O3. The van der Waals surface area contributed by atoms with Crippen LogP contribution in [0.4, 0.5) is 4.39 Å². The van der Waals surface area contributed by atoms with Crippen molar-refractivity contribution in [3.8, 4) is 5.75 Å². The topological polar surface area (TPSA) is 58.3 Å². The molecule has 2 aromatic carbocycles. The van der Waals surface area contributed by atoms with Crippen LogP contribution in [-0.2, 0) is 12.1 Å². The minimum Gasteiger partial charge on any atom is -0.839 e. The van der Waals surface area contributed by atoms with E-state index in [1.54, 1.807) is 18.3 Å². The van der Waals surface area contributed by atoms with Gasteiger partial charge in [0.25, 0.3) is 0 Å². The average Bonchev–Trinajstić information content (AvgIpc) is 3.39. The standard InChI is InChI=1S/C30H35FN2O3/c31-25-11-13-26(14-12-25)35-28-21-33(17-15-22(28)16-18-33)20-27-19-32-29(36-27)30(34,23-7-3-1-4-8-23)24-9-5-2-6-10-24/h1,3-4,7-8,11-14,19,22,24,28H,2,5-6,9-10,15-18,20-21H2/t22?,28-,30?,33?/m1/s1. The molecule has 4 heterocycles. The van der Waals surface area contributed by atoms with Crippen molar-refractivity contribution >= 4 is 0 Å². The van der Waals surface area contributed by atoms with Crippen LogP contribution in [0.3, 0.4) is 0 Å². The van der Waals surface area contributed by atoms with E-state index in [1.165, 1.54) is 18.6 Å². The highest BCUT2D eigenvalue weighted by atomic mass is 19.1. The lowest BCUT2D eigenvalue weighted by Crippen LogP contribution is -2.64. The predicted octanol–water partition coefficient (Wildman–Crippen LogP) is 5.19. The van der Waals surface area contributed by atoms with Crippen LogP contribution in [0.2, 0.25) is 0 Å². The number of hydrogen-bond acceptors (Lipinski definition) is 4. The molecule has 1 unspecified atom stereocenters. The second-order valence-corrected chi connectivity index (χ2v) is 11.1.